The number of nitrogens with one attached hydrogen (secondary N) is 1. The number of esters is 1. The number of azide groups is 1. The zero-order valence-electron chi connectivity index (χ0n) is 25.8. The van der Waals surface area contributed by atoms with Gasteiger partial charge in [-0.1, -0.05) is 36.5 Å². The minimum atomic E-state index is -0.465. The van der Waals surface area contributed by atoms with Crippen molar-refractivity contribution in [3.63, 3.8) is 0 Å². The third kappa shape index (κ3) is 13.5. The average molecular weight is 616 g/mol. The molecule has 12 heteroatoms. The van der Waals surface area contributed by atoms with Gasteiger partial charge in [-0.05, 0) is 72.9 Å². The van der Waals surface area contributed by atoms with Gasteiger partial charge < -0.3 is 29.0 Å². The number of aryl methyl sites for hydroxylation is 2. The van der Waals surface area contributed by atoms with E-state index in [1.807, 2.05) is 6.07 Å². The Hall–Kier alpha value is -3.44. The van der Waals surface area contributed by atoms with Gasteiger partial charge in [-0.15, -0.1) is 0 Å². The summed E-state index contributed by atoms with van der Waals surface area (Å²) in [6, 6.07) is 9.23. The van der Waals surface area contributed by atoms with Crippen LogP contribution >= 0.6 is 0 Å². The molecule has 0 fully saturated rings. The summed E-state index contributed by atoms with van der Waals surface area (Å²) in [5, 5.41) is 6.77. The number of hydrogen-bond acceptors (Lipinski definition) is 9. The Balaban J connectivity index is 1.32. The molecule has 1 N–H and O–H groups in total. The molecule has 0 aliphatic carbocycles. The lowest BCUT2D eigenvalue weighted by Crippen LogP contribution is -2.14. The van der Waals surface area contributed by atoms with Gasteiger partial charge in [0.1, 0.15) is 12.4 Å². The smallest absolute Gasteiger partial charge is 0.306 e. The molecule has 1 aliphatic rings. The van der Waals surface area contributed by atoms with Crippen LogP contribution in [-0.4, -0.2) is 77.4 Å². The second-order valence-corrected chi connectivity index (χ2v) is 10.6. The number of benzene rings is 1. The van der Waals surface area contributed by atoms with Crippen molar-refractivity contribution in [1.82, 2.24) is 4.98 Å². The number of carbonyl (C=O) groups excluding carboxylic acids is 1. The van der Waals surface area contributed by atoms with Gasteiger partial charge in [-0.2, -0.15) is 0 Å². The highest BCUT2D eigenvalue weighted by Gasteiger charge is 2.18. The first-order valence-electron chi connectivity index (χ1n) is 15.6. The molecular formula is C32H46FN5O6. The first kappa shape index (κ1) is 35.0. The van der Waals surface area contributed by atoms with Gasteiger partial charge >= 0.3 is 5.97 Å². The van der Waals surface area contributed by atoms with Crippen LogP contribution in [0.5, 0.6) is 5.75 Å². The predicted molar refractivity (Wildman–Crippen MR) is 166 cm³/mol. The summed E-state index contributed by atoms with van der Waals surface area (Å²) in [7, 11) is 1.38. The molecule has 3 rings (SSSR count). The van der Waals surface area contributed by atoms with Crippen LogP contribution in [0.4, 0.5) is 10.2 Å². The lowest BCUT2D eigenvalue weighted by atomic mass is 9.90. The summed E-state index contributed by atoms with van der Waals surface area (Å²) < 4.78 is 41.4. The molecular weight excluding hydrogens is 569 g/mol. The van der Waals surface area contributed by atoms with Crippen molar-refractivity contribution in [3.8, 4) is 5.75 Å². The van der Waals surface area contributed by atoms with E-state index in [1.54, 1.807) is 6.07 Å². The van der Waals surface area contributed by atoms with Crippen molar-refractivity contribution in [2.45, 2.75) is 63.7 Å². The van der Waals surface area contributed by atoms with Gasteiger partial charge in [-0.3, -0.25) is 4.79 Å². The average Bonchev–Trinajstić information content (AvgIpc) is 3.04. The molecule has 0 spiro atoms. The van der Waals surface area contributed by atoms with Crippen LogP contribution in [0.3, 0.4) is 0 Å². The Morgan fingerprint density at radius 1 is 1.02 bits per heavy atom. The van der Waals surface area contributed by atoms with Gasteiger partial charge in [0.2, 0.25) is 0 Å². The number of nitrogens with zero attached hydrogens (tertiary/aromatic N) is 4. The number of rotatable bonds is 23. The zero-order valence-corrected chi connectivity index (χ0v) is 25.8. The molecule has 1 atom stereocenters. The number of pyridine rings is 1. The van der Waals surface area contributed by atoms with E-state index in [2.05, 4.69) is 27.5 Å². The first-order chi connectivity index (χ1) is 21.6. The maximum atomic E-state index is 14.9. The van der Waals surface area contributed by atoms with Crippen molar-refractivity contribution >= 4 is 11.8 Å². The van der Waals surface area contributed by atoms with E-state index in [0.29, 0.717) is 39.6 Å². The van der Waals surface area contributed by atoms with E-state index < -0.39 is 5.82 Å². The largest absolute Gasteiger partial charge is 0.488 e. The molecule has 2 aromatic rings. The van der Waals surface area contributed by atoms with Crippen molar-refractivity contribution in [3.05, 3.63) is 63.4 Å². The lowest BCUT2D eigenvalue weighted by Gasteiger charge is -2.18. The Labute approximate surface area is 259 Å². The van der Waals surface area contributed by atoms with Crippen molar-refractivity contribution in [2.24, 2.45) is 5.11 Å². The molecule has 0 saturated carbocycles. The van der Waals surface area contributed by atoms with Gasteiger partial charge in [-0.25, -0.2) is 9.37 Å². The molecule has 1 aromatic carbocycles. The molecule has 0 radical (unpaired) electrons. The molecule has 2 heterocycles. The minimum absolute atomic E-state index is 0.126. The van der Waals surface area contributed by atoms with Gasteiger partial charge in [0.15, 0.2) is 11.6 Å². The molecule has 0 unspecified atom stereocenters. The molecule has 242 valence electrons. The van der Waals surface area contributed by atoms with E-state index in [1.165, 1.54) is 18.7 Å². The topological polar surface area (TPSA) is 137 Å². The predicted octanol–water partition coefficient (Wildman–Crippen LogP) is 6.16. The summed E-state index contributed by atoms with van der Waals surface area (Å²) in [5.41, 5.74) is 11.4. The molecule has 1 aliphatic heterocycles. The van der Waals surface area contributed by atoms with Crippen LogP contribution in [0.1, 0.15) is 67.7 Å². The highest BCUT2D eigenvalue weighted by atomic mass is 19.1. The van der Waals surface area contributed by atoms with Crippen molar-refractivity contribution in [2.75, 3.05) is 71.8 Å². The van der Waals surface area contributed by atoms with E-state index in [4.69, 9.17) is 34.2 Å². The maximum absolute atomic E-state index is 14.9. The fourth-order valence-electron chi connectivity index (χ4n) is 5.02. The molecule has 44 heavy (non-hydrogen) atoms. The van der Waals surface area contributed by atoms with E-state index in [-0.39, 0.29) is 37.3 Å². The summed E-state index contributed by atoms with van der Waals surface area (Å²) in [6.45, 7) is 3.73. The Bertz CT molecular complexity index is 1180. The van der Waals surface area contributed by atoms with Gasteiger partial charge in [0.05, 0.1) is 53.2 Å². The number of halogens is 1. The standard InChI is InChI=1S/C32H46FN5O6/c1-40-31(39)24-26(7-4-2-3-5-9-28-12-10-25-8-6-14-35-32(25)37-28)27-11-13-30(29(33)23-27)44-22-21-43-20-19-42-18-17-41-16-15-36-38-34/h10-13,23,26H,2-9,14-22,24H2,1H3,(H,35,37)/t26-/m0/s1. The highest BCUT2D eigenvalue weighted by Crippen LogP contribution is 2.30. The first-order valence-corrected chi connectivity index (χ1v) is 15.6. The van der Waals surface area contributed by atoms with E-state index in [9.17, 15) is 9.18 Å². The third-order valence-electron chi connectivity index (χ3n) is 7.38. The van der Waals surface area contributed by atoms with Crippen LogP contribution in [0.15, 0.2) is 35.4 Å². The number of unbranched alkanes of at least 4 members (excludes halogenated alkanes) is 3. The van der Waals surface area contributed by atoms with Crippen LogP contribution in [0.25, 0.3) is 10.4 Å². The number of ether oxygens (including phenoxy) is 5. The fraction of sp³-hybridized carbons (Fsp3) is 0.625. The van der Waals surface area contributed by atoms with Crippen LogP contribution in [0.2, 0.25) is 0 Å². The second kappa shape index (κ2) is 21.3. The quantitative estimate of drug-likeness (QED) is 0.0516. The monoisotopic (exact) mass is 615 g/mol. The third-order valence-corrected chi connectivity index (χ3v) is 7.38. The number of carbonyl (C=O) groups is 1. The Kier molecular flexibility index (Phi) is 17.0. The zero-order chi connectivity index (χ0) is 31.2. The van der Waals surface area contributed by atoms with Crippen LogP contribution in [0, 0.1) is 5.82 Å². The highest BCUT2D eigenvalue weighted by molar-refractivity contribution is 5.70. The Morgan fingerprint density at radius 2 is 1.77 bits per heavy atom. The maximum Gasteiger partial charge on any atom is 0.306 e. The lowest BCUT2D eigenvalue weighted by molar-refractivity contribution is -0.141. The number of methoxy groups -OCH3 is 1. The van der Waals surface area contributed by atoms with E-state index in [0.717, 1.165) is 75.0 Å². The second-order valence-electron chi connectivity index (χ2n) is 10.6. The normalized spacial score (nSPS) is 13.0. The minimum Gasteiger partial charge on any atom is -0.488 e. The summed E-state index contributed by atoms with van der Waals surface area (Å²) >= 11 is 0. The Morgan fingerprint density at radius 3 is 2.52 bits per heavy atom. The molecule has 0 saturated heterocycles. The number of hydrogen-bond donors (Lipinski definition) is 1. The van der Waals surface area contributed by atoms with Crippen LogP contribution < -0.4 is 10.1 Å². The fourth-order valence-corrected chi connectivity index (χ4v) is 5.02. The molecule has 0 bridgehead atoms. The number of fused-ring (bicyclic) bond motifs is 1. The molecule has 0 amide bonds. The molecule has 1 aromatic heterocycles. The van der Waals surface area contributed by atoms with Crippen molar-refractivity contribution < 1.29 is 32.9 Å². The van der Waals surface area contributed by atoms with E-state index >= 15 is 0 Å². The SMILES string of the molecule is COC(=O)C[C@H](CCCCCCc1ccc2c(n1)NCCC2)c1ccc(OCCOCCOCCOCCN=[N+]=[N-])c(F)c1. The van der Waals surface area contributed by atoms with Gasteiger partial charge in [0.25, 0.3) is 0 Å². The summed E-state index contributed by atoms with van der Waals surface area (Å²) in [5.74, 6) is 0.293. The molecule has 11 nitrogen and oxygen atoms in total. The number of anilines is 1. The summed E-state index contributed by atoms with van der Waals surface area (Å²) in [4.78, 5) is 19.5. The van der Waals surface area contributed by atoms with Crippen LogP contribution in [-0.2, 0) is 36.6 Å². The summed E-state index contributed by atoms with van der Waals surface area (Å²) in [6.07, 6.45) is 8.27. The van der Waals surface area contributed by atoms with Crippen molar-refractivity contribution in [1.29, 1.82) is 0 Å². The van der Waals surface area contributed by atoms with Gasteiger partial charge in [0, 0.05) is 23.7 Å². The number of aromatic nitrogens is 1.